The summed E-state index contributed by atoms with van der Waals surface area (Å²) >= 11 is 5.77. The summed E-state index contributed by atoms with van der Waals surface area (Å²) in [5, 5.41) is 10.2. The Hall–Kier alpha value is -2.74. The van der Waals surface area contributed by atoms with Gasteiger partial charge in [0.1, 0.15) is 22.0 Å². The first-order valence-electron chi connectivity index (χ1n) is 6.04. The largest absolute Gasteiger partial charge is 0.454 e. The first-order chi connectivity index (χ1) is 10.5. The van der Waals surface area contributed by atoms with E-state index in [-0.39, 0.29) is 5.75 Å². The van der Waals surface area contributed by atoms with Crippen LogP contribution in [0.3, 0.4) is 0 Å². The van der Waals surface area contributed by atoms with Crippen LogP contribution in [0, 0.1) is 15.9 Å². The number of hydrogen-bond acceptors (Lipinski definition) is 5. The van der Waals surface area contributed by atoms with Gasteiger partial charge in [-0.2, -0.15) is 4.39 Å². The molecule has 0 radical (unpaired) electrons. The molecule has 0 spiro atoms. The minimum Gasteiger partial charge on any atom is -0.454 e. The van der Waals surface area contributed by atoms with Crippen molar-refractivity contribution in [2.75, 3.05) is 0 Å². The molecule has 0 bridgehead atoms. The third kappa shape index (κ3) is 2.33. The summed E-state index contributed by atoms with van der Waals surface area (Å²) in [6.07, 6.45) is 3.03. The van der Waals surface area contributed by atoms with E-state index in [1.54, 1.807) is 24.0 Å². The fourth-order valence-corrected chi connectivity index (χ4v) is 2.12. The van der Waals surface area contributed by atoms with Crippen LogP contribution in [-0.2, 0) is 7.05 Å². The fraction of sp³-hybridized carbons (Fsp3) is 0.0769. The van der Waals surface area contributed by atoms with Crippen LogP contribution in [-0.4, -0.2) is 19.5 Å². The van der Waals surface area contributed by atoms with Crippen LogP contribution < -0.4 is 4.74 Å². The van der Waals surface area contributed by atoms with Crippen LogP contribution in [0.4, 0.5) is 10.1 Å². The number of nitro groups is 1. The number of rotatable bonds is 3. The van der Waals surface area contributed by atoms with E-state index in [1.807, 2.05) is 0 Å². The van der Waals surface area contributed by atoms with Gasteiger partial charge in [0.05, 0.1) is 17.4 Å². The van der Waals surface area contributed by atoms with Crippen molar-refractivity contribution in [3.05, 3.63) is 51.7 Å². The molecule has 0 aliphatic carbocycles. The number of halogens is 2. The van der Waals surface area contributed by atoms with Crippen molar-refractivity contribution in [1.82, 2.24) is 14.5 Å². The molecule has 0 saturated carbocycles. The zero-order valence-electron chi connectivity index (χ0n) is 11.2. The highest BCUT2D eigenvalue weighted by molar-refractivity contribution is 6.32. The molecule has 112 valence electrons. The van der Waals surface area contributed by atoms with E-state index in [4.69, 9.17) is 16.3 Å². The molecule has 0 saturated heterocycles. The van der Waals surface area contributed by atoms with Gasteiger partial charge < -0.3 is 9.30 Å². The second-order valence-electron chi connectivity index (χ2n) is 4.44. The lowest BCUT2D eigenvalue weighted by Crippen LogP contribution is -1.95. The van der Waals surface area contributed by atoms with E-state index in [1.165, 1.54) is 12.3 Å². The lowest BCUT2D eigenvalue weighted by Gasteiger charge is -2.08. The van der Waals surface area contributed by atoms with Gasteiger partial charge in [0.2, 0.25) is 5.82 Å². The second-order valence-corrected chi connectivity index (χ2v) is 4.82. The van der Waals surface area contributed by atoms with Gasteiger partial charge in [0.15, 0.2) is 5.65 Å². The van der Waals surface area contributed by atoms with Gasteiger partial charge in [-0.25, -0.2) is 9.97 Å². The summed E-state index contributed by atoms with van der Waals surface area (Å²) < 4.78 is 21.0. The zero-order chi connectivity index (χ0) is 15.9. The molecule has 2 heterocycles. The number of fused-ring (bicyclic) bond motifs is 1. The highest BCUT2D eigenvalue weighted by Gasteiger charge is 2.21. The van der Waals surface area contributed by atoms with Gasteiger partial charge in [-0.05, 0) is 6.07 Å². The molecule has 0 atom stereocenters. The quantitative estimate of drug-likeness (QED) is 0.544. The Labute approximate surface area is 128 Å². The van der Waals surface area contributed by atoms with E-state index in [0.29, 0.717) is 16.9 Å². The number of nitrogens with zero attached hydrogens (tertiary/aromatic N) is 4. The van der Waals surface area contributed by atoms with Gasteiger partial charge in [0, 0.05) is 19.2 Å². The molecular formula is C13H8ClFN4O3. The predicted octanol–water partition coefficient (Wildman–Crippen LogP) is 3.46. The summed E-state index contributed by atoms with van der Waals surface area (Å²) in [6, 6.07) is 3.83. The minimum absolute atomic E-state index is 0.0400. The van der Waals surface area contributed by atoms with Gasteiger partial charge in [-0.15, -0.1) is 0 Å². The van der Waals surface area contributed by atoms with E-state index >= 15 is 0 Å². The maximum absolute atomic E-state index is 13.8. The molecule has 9 heteroatoms. The lowest BCUT2D eigenvalue weighted by molar-refractivity contribution is -0.387. The predicted molar refractivity (Wildman–Crippen MR) is 76.6 cm³/mol. The first kappa shape index (κ1) is 14.2. The fourth-order valence-electron chi connectivity index (χ4n) is 1.92. The van der Waals surface area contributed by atoms with E-state index in [2.05, 4.69) is 9.97 Å². The van der Waals surface area contributed by atoms with Crippen molar-refractivity contribution in [3.8, 4) is 11.5 Å². The van der Waals surface area contributed by atoms with Crippen LogP contribution in [0.2, 0.25) is 5.02 Å². The van der Waals surface area contributed by atoms with Crippen molar-refractivity contribution in [2.24, 2.45) is 7.05 Å². The Morgan fingerprint density at radius 2 is 2.18 bits per heavy atom. The molecule has 0 fully saturated rings. The molecule has 2 aromatic heterocycles. The van der Waals surface area contributed by atoms with Gasteiger partial charge in [-0.3, -0.25) is 10.1 Å². The first-order valence-corrected chi connectivity index (χ1v) is 6.42. The molecule has 0 aliphatic heterocycles. The Balaban J connectivity index is 1.97. The van der Waals surface area contributed by atoms with Crippen LogP contribution in [0.5, 0.6) is 11.5 Å². The number of hydrogen-bond donors (Lipinski definition) is 0. The van der Waals surface area contributed by atoms with Crippen LogP contribution >= 0.6 is 11.6 Å². The molecule has 3 rings (SSSR count). The molecule has 22 heavy (non-hydrogen) atoms. The molecule has 0 amide bonds. The Morgan fingerprint density at radius 3 is 2.91 bits per heavy atom. The SMILES string of the molecule is Cn1cnc2cc(Oc3ccc([N+](=O)[O-])c(F)c3Cl)cnc21. The number of aryl methyl sites for hydroxylation is 1. The second kappa shape index (κ2) is 5.23. The molecule has 0 aliphatic rings. The third-order valence-corrected chi connectivity index (χ3v) is 3.33. The molecular weight excluding hydrogens is 315 g/mol. The maximum Gasteiger partial charge on any atom is 0.306 e. The van der Waals surface area contributed by atoms with E-state index in [0.717, 1.165) is 6.07 Å². The number of ether oxygens (including phenoxy) is 1. The third-order valence-electron chi connectivity index (χ3n) is 2.98. The number of imidazole rings is 1. The van der Waals surface area contributed by atoms with Crippen molar-refractivity contribution in [2.45, 2.75) is 0 Å². The van der Waals surface area contributed by atoms with Gasteiger partial charge in [0.25, 0.3) is 0 Å². The minimum atomic E-state index is -1.14. The summed E-state index contributed by atoms with van der Waals surface area (Å²) in [7, 11) is 1.80. The standard InChI is InChI=1S/C13H8ClFN4O3/c1-18-6-17-8-4-7(5-16-13(8)18)22-10-3-2-9(19(20)21)12(15)11(10)14/h2-6H,1H3. The molecule has 3 aromatic rings. The number of benzene rings is 1. The van der Waals surface area contributed by atoms with Crippen LogP contribution in [0.15, 0.2) is 30.7 Å². The van der Waals surface area contributed by atoms with Gasteiger partial charge in [-0.1, -0.05) is 11.6 Å². The zero-order valence-corrected chi connectivity index (χ0v) is 11.9. The number of nitro benzene ring substituents is 1. The molecule has 7 nitrogen and oxygen atoms in total. The normalized spacial score (nSPS) is 10.9. The van der Waals surface area contributed by atoms with E-state index < -0.39 is 21.5 Å². The number of aromatic nitrogens is 3. The van der Waals surface area contributed by atoms with Crippen molar-refractivity contribution in [1.29, 1.82) is 0 Å². The highest BCUT2D eigenvalue weighted by Crippen LogP contribution is 2.35. The number of pyridine rings is 1. The monoisotopic (exact) mass is 322 g/mol. The summed E-state index contributed by atoms with van der Waals surface area (Å²) in [5.74, 6) is -0.890. The maximum atomic E-state index is 13.8. The summed E-state index contributed by atoms with van der Waals surface area (Å²) in [6.45, 7) is 0. The van der Waals surface area contributed by atoms with Crippen molar-refractivity contribution >= 4 is 28.5 Å². The highest BCUT2D eigenvalue weighted by atomic mass is 35.5. The van der Waals surface area contributed by atoms with Crippen molar-refractivity contribution < 1.29 is 14.1 Å². The van der Waals surface area contributed by atoms with Gasteiger partial charge >= 0.3 is 5.69 Å². The smallest absolute Gasteiger partial charge is 0.306 e. The average Bonchev–Trinajstić information content (AvgIpc) is 2.85. The Morgan fingerprint density at radius 1 is 1.41 bits per heavy atom. The van der Waals surface area contributed by atoms with Crippen molar-refractivity contribution in [3.63, 3.8) is 0 Å². The molecule has 1 aromatic carbocycles. The summed E-state index contributed by atoms with van der Waals surface area (Å²) in [5.41, 5.74) is 0.544. The Kier molecular flexibility index (Phi) is 3.38. The Bertz CT molecular complexity index is 896. The van der Waals surface area contributed by atoms with Crippen LogP contribution in [0.1, 0.15) is 0 Å². The van der Waals surface area contributed by atoms with E-state index in [9.17, 15) is 14.5 Å². The molecule has 0 N–H and O–H groups in total. The average molecular weight is 323 g/mol. The van der Waals surface area contributed by atoms with Crippen LogP contribution in [0.25, 0.3) is 11.2 Å². The lowest BCUT2D eigenvalue weighted by atomic mass is 10.3. The molecule has 0 unspecified atom stereocenters. The topological polar surface area (TPSA) is 83.1 Å². The summed E-state index contributed by atoms with van der Waals surface area (Å²) in [4.78, 5) is 18.1.